The molecule has 0 saturated heterocycles. The molecule has 2 atom stereocenters. The number of carbonyl (C=O) groups is 1. The first kappa shape index (κ1) is 18.6. The van der Waals surface area contributed by atoms with Gasteiger partial charge in [-0.3, -0.25) is 4.79 Å². The molecule has 2 heterocycles. The SMILES string of the molecule is CC(O)C1C(c2c(F)cc(C#Cc3ccccc3)cc2F)=NC2=NC(=O)C3(CC3)N21. The molecule has 1 amide bonds. The van der Waals surface area contributed by atoms with Gasteiger partial charge in [0.25, 0.3) is 5.91 Å². The molecule has 1 fully saturated rings. The molecule has 3 aliphatic rings. The third-order valence-electron chi connectivity index (χ3n) is 5.66. The van der Waals surface area contributed by atoms with Crippen molar-refractivity contribution in [2.24, 2.45) is 9.98 Å². The summed E-state index contributed by atoms with van der Waals surface area (Å²) in [7, 11) is 0. The number of halogens is 2. The van der Waals surface area contributed by atoms with Crippen LogP contribution in [0.2, 0.25) is 0 Å². The average Bonchev–Trinajstić information content (AvgIpc) is 3.37. The molecule has 150 valence electrons. The van der Waals surface area contributed by atoms with Gasteiger partial charge < -0.3 is 10.0 Å². The quantitative estimate of drug-likeness (QED) is 0.782. The van der Waals surface area contributed by atoms with Crippen molar-refractivity contribution in [1.29, 1.82) is 0 Å². The lowest BCUT2D eigenvalue weighted by Crippen LogP contribution is -2.51. The number of aliphatic hydroxyl groups is 1. The maximum Gasteiger partial charge on any atom is 0.274 e. The van der Waals surface area contributed by atoms with Crippen LogP contribution in [-0.2, 0) is 4.79 Å². The van der Waals surface area contributed by atoms with E-state index in [9.17, 15) is 18.7 Å². The number of benzene rings is 2. The highest BCUT2D eigenvalue weighted by molar-refractivity contribution is 6.21. The fourth-order valence-corrected chi connectivity index (χ4v) is 4.09. The van der Waals surface area contributed by atoms with Gasteiger partial charge in [0, 0.05) is 11.1 Å². The lowest BCUT2D eigenvalue weighted by Gasteiger charge is -2.31. The predicted octanol–water partition coefficient (Wildman–Crippen LogP) is 2.65. The Morgan fingerprint density at radius 1 is 1.10 bits per heavy atom. The molecule has 7 heteroatoms. The minimum absolute atomic E-state index is 0.0418. The Morgan fingerprint density at radius 2 is 1.73 bits per heavy atom. The largest absolute Gasteiger partial charge is 0.391 e. The van der Waals surface area contributed by atoms with Crippen molar-refractivity contribution in [2.45, 2.75) is 37.5 Å². The number of fused-ring (bicyclic) bond motifs is 2. The molecule has 5 rings (SSSR count). The van der Waals surface area contributed by atoms with Crippen LogP contribution in [0.5, 0.6) is 0 Å². The van der Waals surface area contributed by atoms with Gasteiger partial charge in [0.1, 0.15) is 23.2 Å². The van der Waals surface area contributed by atoms with Crippen LogP contribution in [0.1, 0.15) is 36.5 Å². The molecule has 1 aliphatic carbocycles. The molecule has 0 radical (unpaired) electrons. The number of aliphatic imine (C=N–C) groups is 2. The molecular formula is C23H17F2N3O2. The second kappa shape index (κ2) is 6.57. The number of carbonyl (C=O) groups excluding carboxylic acids is 1. The zero-order valence-electron chi connectivity index (χ0n) is 16.1. The Bertz CT molecular complexity index is 1160. The third-order valence-corrected chi connectivity index (χ3v) is 5.66. The molecule has 5 nitrogen and oxygen atoms in total. The standard InChI is InChI=1S/C23H17F2N3O2/c1-13(29)20-19(26-22-27-21(30)23(9-10-23)28(20)22)18-16(24)11-15(12-17(18)25)8-7-14-5-3-2-4-6-14/h2-6,11-13,20,29H,9-10H2,1H3. The number of amides is 1. The van der Waals surface area contributed by atoms with Crippen LogP contribution < -0.4 is 0 Å². The lowest BCUT2D eigenvalue weighted by molar-refractivity contribution is -0.121. The Kier molecular flexibility index (Phi) is 4.09. The summed E-state index contributed by atoms with van der Waals surface area (Å²) in [5, 5.41) is 10.4. The maximum absolute atomic E-state index is 15.0. The second-order valence-corrected chi connectivity index (χ2v) is 7.73. The van der Waals surface area contributed by atoms with Gasteiger partial charge in [-0.15, -0.1) is 0 Å². The third kappa shape index (κ3) is 2.76. The molecule has 2 aromatic carbocycles. The number of hydrogen-bond donors (Lipinski definition) is 1. The van der Waals surface area contributed by atoms with E-state index in [0.717, 1.165) is 17.7 Å². The zero-order chi connectivity index (χ0) is 21.0. The fourth-order valence-electron chi connectivity index (χ4n) is 4.09. The summed E-state index contributed by atoms with van der Waals surface area (Å²) in [6.07, 6.45) is 0.171. The van der Waals surface area contributed by atoms with Gasteiger partial charge >= 0.3 is 0 Å². The molecule has 2 unspecified atom stereocenters. The molecule has 30 heavy (non-hydrogen) atoms. The molecule has 1 saturated carbocycles. The van der Waals surface area contributed by atoms with Crippen molar-refractivity contribution in [1.82, 2.24) is 4.90 Å². The van der Waals surface area contributed by atoms with Crippen molar-refractivity contribution in [2.75, 3.05) is 0 Å². The van der Waals surface area contributed by atoms with Gasteiger partial charge in [-0.2, -0.15) is 4.99 Å². The predicted molar refractivity (Wildman–Crippen MR) is 107 cm³/mol. The summed E-state index contributed by atoms with van der Waals surface area (Å²) in [6.45, 7) is 1.51. The minimum atomic E-state index is -1.00. The number of nitrogens with zero attached hydrogens (tertiary/aromatic N) is 3. The van der Waals surface area contributed by atoms with E-state index in [1.54, 1.807) is 17.0 Å². The molecule has 2 aliphatic heterocycles. The van der Waals surface area contributed by atoms with Crippen LogP contribution >= 0.6 is 0 Å². The van der Waals surface area contributed by atoms with Crippen LogP contribution in [0.4, 0.5) is 8.78 Å². The van der Waals surface area contributed by atoms with E-state index in [2.05, 4.69) is 21.8 Å². The van der Waals surface area contributed by atoms with Gasteiger partial charge in [0.2, 0.25) is 5.96 Å². The monoisotopic (exact) mass is 405 g/mol. The average molecular weight is 405 g/mol. The Hall–Kier alpha value is -3.37. The van der Waals surface area contributed by atoms with Crippen LogP contribution in [-0.4, -0.2) is 45.3 Å². The first-order valence-corrected chi connectivity index (χ1v) is 9.66. The maximum atomic E-state index is 15.0. The highest BCUT2D eigenvalue weighted by atomic mass is 19.1. The van der Waals surface area contributed by atoms with Crippen LogP contribution in [0.15, 0.2) is 52.4 Å². The van der Waals surface area contributed by atoms with E-state index >= 15 is 0 Å². The Balaban J connectivity index is 1.54. The highest BCUT2D eigenvalue weighted by Gasteiger charge is 2.64. The summed E-state index contributed by atoms with van der Waals surface area (Å²) in [5.74, 6) is 3.79. The minimum Gasteiger partial charge on any atom is -0.391 e. The molecular weight excluding hydrogens is 388 g/mol. The second-order valence-electron chi connectivity index (χ2n) is 7.73. The van der Waals surface area contributed by atoms with E-state index in [0.29, 0.717) is 12.8 Å². The van der Waals surface area contributed by atoms with Crippen LogP contribution in [0.25, 0.3) is 0 Å². The molecule has 1 spiro atoms. The fraction of sp³-hybridized carbons (Fsp3) is 0.261. The van der Waals surface area contributed by atoms with E-state index in [-0.39, 0.29) is 28.7 Å². The normalized spacial score (nSPS) is 21.7. The topological polar surface area (TPSA) is 65.3 Å². The van der Waals surface area contributed by atoms with Gasteiger partial charge in [-0.25, -0.2) is 13.8 Å². The molecule has 1 N–H and O–H groups in total. The van der Waals surface area contributed by atoms with Crippen molar-refractivity contribution >= 4 is 17.6 Å². The number of guanidine groups is 1. The highest BCUT2D eigenvalue weighted by Crippen LogP contribution is 2.50. The van der Waals surface area contributed by atoms with Crippen molar-refractivity contribution in [3.05, 3.63) is 70.8 Å². The first-order valence-electron chi connectivity index (χ1n) is 9.66. The van der Waals surface area contributed by atoms with E-state index < -0.39 is 29.3 Å². The summed E-state index contributed by atoms with van der Waals surface area (Å²) in [5.41, 5.74) is -0.186. The number of rotatable bonds is 2. The van der Waals surface area contributed by atoms with Crippen molar-refractivity contribution < 1.29 is 18.7 Å². The van der Waals surface area contributed by atoms with Gasteiger partial charge in [0.15, 0.2) is 0 Å². The molecule has 2 aromatic rings. The summed E-state index contributed by atoms with van der Waals surface area (Å²) >= 11 is 0. The summed E-state index contributed by atoms with van der Waals surface area (Å²) in [4.78, 5) is 22.0. The first-order chi connectivity index (χ1) is 14.4. The zero-order valence-corrected chi connectivity index (χ0v) is 16.1. The number of aliphatic hydroxyl groups excluding tert-OH is 1. The van der Waals surface area contributed by atoms with Crippen LogP contribution in [0.3, 0.4) is 0 Å². The summed E-state index contributed by atoms with van der Waals surface area (Å²) < 4.78 is 30.0. The smallest absolute Gasteiger partial charge is 0.274 e. The van der Waals surface area contributed by atoms with Gasteiger partial charge in [-0.05, 0) is 44.0 Å². The van der Waals surface area contributed by atoms with E-state index in [4.69, 9.17) is 0 Å². The van der Waals surface area contributed by atoms with Crippen LogP contribution in [0, 0.1) is 23.5 Å². The molecule has 0 bridgehead atoms. The van der Waals surface area contributed by atoms with Gasteiger partial charge in [0.05, 0.1) is 17.4 Å². The molecule has 0 aromatic heterocycles. The summed E-state index contributed by atoms with van der Waals surface area (Å²) in [6, 6.07) is 10.6. The number of hydrogen-bond acceptors (Lipinski definition) is 4. The van der Waals surface area contributed by atoms with Crippen molar-refractivity contribution in [3.8, 4) is 11.8 Å². The van der Waals surface area contributed by atoms with Gasteiger partial charge in [-0.1, -0.05) is 30.0 Å². The van der Waals surface area contributed by atoms with Crippen molar-refractivity contribution in [3.63, 3.8) is 0 Å². The Morgan fingerprint density at radius 3 is 2.33 bits per heavy atom. The van der Waals surface area contributed by atoms with E-state index in [1.165, 1.54) is 6.92 Å². The lowest BCUT2D eigenvalue weighted by atomic mass is 9.95. The Labute approximate surface area is 171 Å². The van der Waals surface area contributed by atoms with E-state index in [1.807, 2.05) is 18.2 Å².